The van der Waals surface area contributed by atoms with E-state index in [0.29, 0.717) is 0 Å². The maximum absolute atomic E-state index is 13.2. The van der Waals surface area contributed by atoms with E-state index >= 15 is 0 Å². The van der Waals surface area contributed by atoms with Crippen molar-refractivity contribution in [2.45, 2.75) is 47.5 Å². The predicted octanol–water partition coefficient (Wildman–Crippen LogP) is 4.27. The quantitative estimate of drug-likeness (QED) is 0.500. The SMILES string of the molecule is CC.CC1=C(C)C(F)(F)C(C)C1C. The lowest BCUT2D eigenvalue weighted by atomic mass is 9.94. The van der Waals surface area contributed by atoms with Gasteiger partial charge in [-0.2, -0.15) is 0 Å². The van der Waals surface area contributed by atoms with Crippen LogP contribution in [0.3, 0.4) is 0 Å². The predicted molar refractivity (Wildman–Crippen MR) is 53.0 cm³/mol. The fourth-order valence-electron chi connectivity index (χ4n) is 1.63. The van der Waals surface area contributed by atoms with Gasteiger partial charge < -0.3 is 0 Å². The van der Waals surface area contributed by atoms with Gasteiger partial charge in [-0.1, -0.05) is 33.3 Å². The number of hydrogen-bond acceptors (Lipinski definition) is 0. The van der Waals surface area contributed by atoms with E-state index in [0.717, 1.165) is 5.57 Å². The highest BCUT2D eigenvalue weighted by Gasteiger charge is 2.48. The minimum Gasteiger partial charge on any atom is -0.201 e. The average Bonchev–Trinajstić information content (AvgIpc) is 2.25. The Kier molecular flexibility index (Phi) is 4.08. The summed E-state index contributed by atoms with van der Waals surface area (Å²) in [6.45, 7) is 10.8. The Balaban J connectivity index is 0.000000671. The van der Waals surface area contributed by atoms with Crippen LogP contribution in [0.25, 0.3) is 0 Å². The smallest absolute Gasteiger partial charge is 0.201 e. The van der Waals surface area contributed by atoms with Crippen LogP contribution in [0.4, 0.5) is 8.78 Å². The summed E-state index contributed by atoms with van der Waals surface area (Å²) in [5, 5.41) is 0. The van der Waals surface area contributed by atoms with Crippen LogP contribution in [0, 0.1) is 11.8 Å². The van der Waals surface area contributed by atoms with Gasteiger partial charge in [-0.3, -0.25) is 0 Å². The van der Waals surface area contributed by atoms with Crippen LogP contribution in [-0.4, -0.2) is 5.92 Å². The van der Waals surface area contributed by atoms with E-state index in [2.05, 4.69) is 0 Å². The van der Waals surface area contributed by atoms with Crippen LogP contribution in [0.5, 0.6) is 0 Å². The molecule has 0 aromatic carbocycles. The van der Waals surface area contributed by atoms with Crippen molar-refractivity contribution in [3.63, 3.8) is 0 Å². The van der Waals surface area contributed by atoms with Crippen LogP contribution >= 0.6 is 0 Å². The van der Waals surface area contributed by atoms with Crippen molar-refractivity contribution >= 4 is 0 Å². The van der Waals surface area contributed by atoms with Gasteiger partial charge in [0, 0.05) is 5.92 Å². The topological polar surface area (TPSA) is 0 Å². The molecule has 0 amide bonds. The molecule has 0 saturated carbocycles. The summed E-state index contributed by atoms with van der Waals surface area (Å²) >= 11 is 0. The molecule has 0 nitrogen and oxygen atoms in total. The Morgan fingerprint density at radius 1 is 1.08 bits per heavy atom. The van der Waals surface area contributed by atoms with Crippen molar-refractivity contribution in [3.8, 4) is 0 Å². The van der Waals surface area contributed by atoms with Crippen LogP contribution in [0.2, 0.25) is 0 Å². The lowest BCUT2D eigenvalue weighted by Crippen LogP contribution is -2.24. The van der Waals surface area contributed by atoms with Crippen molar-refractivity contribution in [1.29, 1.82) is 0 Å². The summed E-state index contributed by atoms with van der Waals surface area (Å²) in [5.74, 6) is -3.06. The van der Waals surface area contributed by atoms with E-state index < -0.39 is 11.8 Å². The van der Waals surface area contributed by atoms with Crippen molar-refractivity contribution < 1.29 is 8.78 Å². The zero-order valence-corrected chi connectivity index (χ0v) is 9.41. The van der Waals surface area contributed by atoms with Gasteiger partial charge in [0.05, 0.1) is 0 Å². The third kappa shape index (κ3) is 1.92. The molecule has 2 heteroatoms. The molecule has 2 atom stereocenters. The van der Waals surface area contributed by atoms with Crippen molar-refractivity contribution in [2.24, 2.45) is 11.8 Å². The molecule has 13 heavy (non-hydrogen) atoms. The number of hydrogen-bond donors (Lipinski definition) is 0. The van der Waals surface area contributed by atoms with Gasteiger partial charge in [0.15, 0.2) is 0 Å². The summed E-state index contributed by atoms with van der Waals surface area (Å²) in [5.41, 5.74) is 1.14. The first-order chi connectivity index (χ1) is 5.89. The zero-order valence-electron chi connectivity index (χ0n) is 9.41. The Hall–Kier alpha value is -0.400. The molecule has 0 heterocycles. The second-order valence-electron chi connectivity index (χ2n) is 3.51. The van der Waals surface area contributed by atoms with Crippen LogP contribution in [0.1, 0.15) is 41.5 Å². The summed E-state index contributed by atoms with van der Waals surface area (Å²) in [6, 6.07) is 0. The number of alkyl halides is 2. The monoisotopic (exact) mass is 190 g/mol. The van der Waals surface area contributed by atoms with Crippen LogP contribution < -0.4 is 0 Å². The minimum absolute atomic E-state index is 0.0324. The molecular formula is C11H20F2. The molecule has 0 spiro atoms. The van der Waals surface area contributed by atoms with Gasteiger partial charge in [-0.25, -0.2) is 8.78 Å². The largest absolute Gasteiger partial charge is 0.272 e. The molecule has 0 aromatic rings. The molecule has 0 radical (unpaired) electrons. The second kappa shape index (κ2) is 4.21. The number of halogens is 2. The molecule has 1 rings (SSSR count). The second-order valence-corrected chi connectivity index (χ2v) is 3.51. The van der Waals surface area contributed by atoms with E-state index in [1.54, 1.807) is 13.8 Å². The van der Waals surface area contributed by atoms with E-state index in [9.17, 15) is 8.78 Å². The van der Waals surface area contributed by atoms with Gasteiger partial charge in [0.2, 0.25) is 0 Å². The molecular weight excluding hydrogens is 170 g/mol. The Morgan fingerprint density at radius 3 is 1.54 bits per heavy atom. The van der Waals surface area contributed by atoms with E-state index in [1.165, 1.54) is 6.92 Å². The average molecular weight is 190 g/mol. The van der Waals surface area contributed by atoms with Crippen molar-refractivity contribution in [2.75, 3.05) is 0 Å². The molecule has 0 N–H and O–H groups in total. The summed E-state index contributed by atoms with van der Waals surface area (Å²) in [6.07, 6.45) is 0. The first kappa shape index (κ1) is 12.6. The molecule has 0 bridgehead atoms. The Morgan fingerprint density at radius 2 is 1.46 bits per heavy atom. The maximum atomic E-state index is 13.2. The first-order valence-electron chi connectivity index (χ1n) is 4.94. The van der Waals surface area contributed by atoms with Gasteiger partial charge >= 0.3 is 0 Å². The summed E-state index contributed by atoms with van der Waals surface area (Å²) < 4.78 is 26.3. The number of allylic oxidation sites excluding steroid dienone is 2. The molecule has 1 aliphatic rings. The Labute approximate surface area is 80.0 Å². The van der Waals surface area contributed by atoms with Crippen molar-refractivity contribution in [3.05, 3.63) is 11.1 Å². The molecule has 1 aliphatic carbocycles. The van der Waals surface area contributed by atoms with Crippen molar-refractivity contribution in [1.82, 2.24) is 0 Å². The zero-order chi connectivity index (χ0) is 10.8. The molecule has 0 fully saturated rings. The highest BCUT2D eigenvalue weighted by atomic mass is 19.3. The van der Waals surface area contributed by atoms with E-state index in [1.807, 2.05) is 20.8 Å². The van der Waals surface area contributed by atoms with Crippen LogP contribution in [0.15, 0.2) is 11.1 Å². The third-order valence-corrected chi connectivity index (χ3v) is 3.10. The Bertz CT molecular complexity index is 204. The maximum Gasteiger partial charge on any atom is 0.272 e. The number of rotatable bonds is 0. The highest BCUT2D eigenvalue weighted by Crippen LogP contribution is 2.47. The first-order valence-corrected chi connectivity index (χ1v) is 4.94. The van der Waals surface area contributed by atoms with Gasteiger partial charge in [0.25, 0.3) is 5.92 Å². The fourth-order valence-corrected chi connectivity index (χ4v) is 1.63. The summed E-state index contributed by atoms with van der Waals surface area (Å²) in [4.78, 5) is 0. The molecule has 0 aliphatic heterocycles. The lowest BCUT2D eigenvalue weighted by molar-refractivity contribution is -0.0128. The summed E-state index contributed by atoms with van der Waals surface area (Å²) in [7, 11) is 0. The standard InChI is InChI=1S/C9H14F2.C2H6/c1-5-6(2)8(4)9(10,11)7(5)3;1-2/h5,7H,1-4H3;1-2H3. The normalized spacial score (nSPS) is 31.4. The van der Waals surface area contributed by atoms with Gasteiger partial charge in [0.1, 0.15) is 0 Å². The third-order valence-electron chi connectivity index (χ3n) is 3.10. The van der Waals surface area contributed by atoms with E-state index in [4.69, 9.17) is 0 Å². The molecule has 2 unspecified atom stereocenters. The van der Waals surface area contributed by atoms with E-state index in [-0.39, 0.29) is 11.5 Å². The lowest BCUT2D eigenvalue weighted by Gasteiger charge is -2.19. The minimum atomic E-state index is -2.57. The molecule has 0 saturated heterocycles. The fraction of sp³-hybridized carbons (Fsp3) is 0.818. The highest BCUT2D eigenvalue weighted by molar-refractivity contribution is 5.28. The van der Waals surface area contributed by atoms with Gasteiger partial charge in [-0.15, -0.1) is 0 Å². The van der Waals surface area contributed by atoms with Crippen LogP contribution in [-0.2, 0) is 0 Å². The molecule has 0 aromatic heterocycles. The van der Waals surface area contributed by atoms with Gasteiger partial charge in [-0.05, 0) is 25.3 Å². The molecule has 78 valence electrons.